The van der Waals surface area contributed by atoms with Gasteiger partial charge in [-0.15, -0.1) is 0 Å². The fourth-order valence-corrected chi connectivity index (χ4v) is 6.38. The van der Waals surface area contributed by atoms with Crippen molar-refractivity contribution in [3.8, 4) is 0 Å². The van der Waals surface area contributed by atoms with Crippen LogP contribution in [0.5, 0.6) is 0 Å². The number of phosphoric ester groups is 1. The number of hydrogen-bond acceptors (Lipinski definition) is 8. The number of phosphoric acid groups is 1. The number of rotatable bonds is 37. The molecule has 57 heavy (non-hydrogen) atoms. The second kappa shape index (κ2) is 34.3. The van der Waals surface area contributed by atoms with Crippen molar-refractivity contribution in [2.24, 2.45) is 0 Å². The van der Waals surface area contributed by atoms with Gasteiger partial charge in [0.15, 0.2) is 6.10 Å². The number of quaternary nitrogens is 1. The first-order valence-electron chi connectivity index (χ1n) is 21.8. The van der Waals surface area contributed by atoms with Gasteiger partial charge in [0, 0.05) is 12.8 Å². The van der Waals surface area contributed by atoms with Crippen molar-refractivity contribution >= 4 is 19.8 Å². The number of hydrogen-bond donors (Lipinski definition) is 1. The molecule has 0 aromatic carbocycles. The van der Waals surface area contributed by atoms with E-state index in [0.717, 1.165) is 70.6 Å². The predicted molar refractivity (Wildman–Crippen MR) is 233 cm³/mol. The number of carbonyl (C=O) groups is 2. The van der Waals surface area contributed by atoms with Crippen molar-refractivity contribution in [2.75, 3.05) is 47.5 Å². The second-order valence-electron chi connectivity index (χ2n) is 15.7. The lowest BCUT2D eigenvalue weighted by atomic mass is 10.1. The molecule has 0 aromatic rings. The summed E-state index contributed by atoms with van der Waals surface area (Å²) < 4.78 is 39.9. The average Bonchev–Trinajstić information content (AvgIpc) is 3.91. The molecule has 1 heterocycles. The Bertz CT molecular complexity index is 1270. The van der Waals surface area contributed by atoms with Crippen LogP contribution in [0.3, 0.4) is 0 Å². The SMILES string of the molecule is CC/C=C\C/C=C\C/C=C\CCCCCCCC(=O)OC[C@H](COP(=O)(O)OCC[N+](C)(C)C)OC(=O)CCC/C=C\C/C=C\C/C=C\CC1OC1CCCCC. The van der Waals surface area contributed by atoms with Gasteiger partial charge in [-0.3, -0.25) is 18.6 Å². The van der Waals surface area contributed by atoms with Crippen LogP contribution in [0.2, 0.25) is 0 Å². The zero-order valence-corrected chi connectivity index (χ0v) is 37.1. The third-order valence-corrected chi connectivity index (χ3v) is 10.1. The van der Waals surface area contributed by atoms with Gasteiger partial charge in [-0.05, 0) is 77.0 Å². The monoisotopic (exact) mass is 821 g/mol. The highest BCUT2D eigenvalue weighted by atomic mass is 31.2. The van der Waals surface area contributed by atoms with Crippen molar-refractivity contribution < 1.29 is 46.8 Å². The summed E-state index contributed by atoms with van der Waals surface area (Å²) in [6.07, 6.45) is 44.2. The van der Waals surface area contributed by atoms with Crippen molar-refractivity contribution in [3.63, 3.8) is 0 Å². The molecule has 1 saturated heterocycles. The first-order valence-corrected chi connectivity index (χ1v) is 23.3. The van der Waals surface area contributed by atoms with E-state index in [0.29, 0.717) is 42.5 Å². The van der Waals surface area contributed by atoms with Gasteiger partial charge in [-0.25, -0.2) is 4.57 Å². The summed E-state index contributed by atoms with van der Waals surface area (Å²) in [4.78, 5) is 35.3. The standard InChI is InChI=1S/C46H78NO9P/c1-6-8-10-11-12-13-14-15-16-17-18-22-25-28-32-36-45(48)52-40-42(41-54-57(50,51)53-39-38-47(3,4)5)55-46(49)37-33-29-26-23-20-19-21-24-27-31-35-44-43(56-44)34-30-9-7-2/h8,10,12-13,15-16,19,21,23,26-27,31,42-44H,6-7,9,11,14,17-18,20,22,24-25,28-30,32-41H2,1-5H3/p+1/b10-8-,13-12-,16-15-,21-19-,26-23-,31-27-/t42-,43?,44?/m1/s1. The lowest BCUT2D eigenvalue weighted by Gasteiger charge is -2.24. The molecule has 3 unspecified atom stereocenters. The van der Waals surface area contributed by atoms with E-state index < -0.39 is 32.5 Å². The summed E-state index contributed by atoms with van der Waals surface area (Å²) in [5.74, 6) is -0.897. The third-order valence-electron chi connectivity index (χ3n) is 9.14. The number of carbonyl (C=O) groups excluding carboxylic acids is 2. The molecule has 0 spiro atoms. The van der Waals surface area contributed by atoms with E-state index in [-0.39, 0.29) is 26.1 Å². The number of ether oxygens (including phenoxy) is 3. The van der Waals surface area contributed by atoms with Crippen LogP contribution in [0.1, 0.15) is 142 Å². The third kappa shape index (κ3) is 35.1. The first-order chi connectivity index (χ1) is 27.5. The molecule has 1 aliphatic heterocycles. The molecule has 1 N–H and O–H groups in total. The molecule has 1 aliphatic rings. The van der Waals surface area contributed by atoms with Crippen molar-refractivity contribution in [2.45, 2.75) is 161 Å². The molecule has 0 radical (unpaired) electrons. The van der Waals surface area contributed by atoms with E-state index in [1.165, 1.54) is 25.7 Å². The Hall–Kier alpha value is -2.59. The second-order valence-corrected chi connectivity index (χ2v) is 17.2. The maximum Gasteiger partial charge on any atom is 0.472 e. The van der Waals surface area contributed by atoms with Crippen LogP contribution >= 0.6 is 7.82 Å². The highest BCUT2D eigenvalue weighted by molar-refractivity contribution is 7.47. The van der Waals surface area contributed by atoms with Gasteiger partial charge in [0.2, 0.25) is 0 Å². The van der Waals surface area contributed by atoms with E-state index in [2.05, 4.69) is 80.7 Å². The number of nitrogens with zero attached hydrogens (tertiary/aromatic N) is 1. The van der Waals surface area contributed by atoms with Gasteiger partial charge in [-0.2, -0.15) is 0 Å². The van der Waals surface area contributed by atoms with Crippen LogP contribution in [-0.2, 0) is 37.4 Å². The largest absolute Gasteiger partial charge is 0.472 e. The van der Waals surface area contributed by atoms with Gasteiger partial charge >= 0.3 is 19.8 Å². The van der Waals surface area contributed by atoms with E-state index in [4.69, 9.17) is 23.3 Å². The highest BCUT2D eigenvalue weighted by Gasteiger charge is 2.36. The fourth-order valence-electron chi connectivity index (χ4n) is 5.64. The molecule has 0 aliphatic carbocycles. The van der Waals surface area contributed by atoms with Crippen LogP contribution in [0.15, 0.2) is 72.9 Å². The molecule has 11 heteroatoms. The lowest BCUT2D eigenvalue weighted by Crippen LogP contribution is -2.37. The van der Waals surface area contributed by atoms with E-state index >= 15 is 0 Å². The Morgan fingerprint density at radius 3 is 1.89 bits per heavy atom. The van der Waals surface area contributed by atoms with Crippen molar-refractivity contribution in [3.05, 3.63) is 72.9 Å². The zero-order chi connectivity index (χ0) is 41.9. The Balaban J connectivity index is 2.34. The molecule has 326 valence electrons. The molecular formula is C46H79NO9P+. The van der Waals surface area contributed by atoms with Crippen LogP contribution < -0.4 is 0 Å². The van der Waals surface area contributed by atoms with E-state index in [9.17, 15) is 19.0 Å². The molecule has 1 fully saturated rings. The Morgan fingerprint density at radius 2 is 1.25 bits per heavy atom. The fraction of sp³-hybridized carbons (Fsp3) is 0.696. The minimum atomic E-state index is -4.40. The van der Waals surface area contributed by atoms with Gasteiger partial charge in [0.25, 0.3) is 0 Å². The first kappa shape index (κ1) is 52.4. The van der Waals surface area contributed by atoms with Crippen LogP contribution in [0, 0.1) is 0 Å². The summed E-state index contributed by atoms with van der Waals surface area (Å²) >= 11 is 0. The summed E-state index contributed by atoms with van der Waals surface area (Å²) in [6.45, 7) is 4.16. The quantitative estimate of drug-likeness (QED) is 0.0163. The Morgan fingerprint density at radius 1 is 0.667 bits per heavy atom. The Labute approximate surface area is 346 Å². The number of esters is 2. The predicted octanol–water partition coefficient (Wildman–Crippen LogP) is 11.2. The van der Waals surface area contributed by atoms with Crippen LogP contribution in [0.25, 0.3) is 0 Å². The van der Waals surface area contributed by atoms with Crippen LogP contribution in [-0.4, -0.2) is 87.1 Å². The minimum Gasteiger partial charge on any atom is -0.462 e. The molecular weight excluding hydrogens is 741 g/mol. The molecule has 0 saturated carbocycles. The average molecular weight is 821 g/mol. The smallest absolute Gasteiger partial charge is 0.462 e. The van der Waals surface area contributed by atoms with Gasteiger partial charge in [0.05, 0.1) is 40.0 Å². The molecule has 0 aromatic heterocycles. The Kier molecular flexibility index (Phi) is 31.5. The molecule has 0 bridgehead atoms. The minimum absolute atomic E-state index is 0.0126. The van der Waals surface area contributed by atoms with Crippen molar-refractivity contribution in [1.29, 1.82) is 0 Å². The number of unbranched alkanes of at least 4 members (excludes halogenated alkanes) is 8. The van der Waals surface area contributed by atoms with Crippen LogP contribution in [0.4, 0.5) is 0 Å². The summed E-state index contributed by atoms with van der Waals surface area (Å²) in [6, 6.07) is 0. The number of allylic oxidation sites excluding steroid dienone is 11. The van der Waals surface area contributed by atoms with Gasteiger partial charge in [-0.1, -0.05) is 125 Å². The van der Waals surface area contributed by atoms with Gasteiger partial charge < -0.3 is 23.6 Å². The van der Waals surface area contributed by atoms with E-state index in [1.807, 2.05) is 27.2 Å². The number of likely N-dealkylation sites (N-methyl/N-ethyl adjacent to an activating group) is 1. The molecule has 1 rings (SSSR count). The highest BCUT2D eigenvalue weighted by Crippen LogP contribution is 2.43. The summed E-state index contributed by atoms with van der Waals surface area (Å²) in [7, 11) is 1.41. The lowest BCUT2D eigenvalue weighted by molar-refractivity contribution is -0.870. The normalized spacial score (nSPS) is 17.9. The number of epoxide rings is 1. The van der Waals surface area contributed by atoms with Crippen molar-refractivity contribution in [1.82, 2.24) is 0 Å². The maximum atomic E-state index is 12.7. The van der Waals surface area contributed by atoms with E-state index in [1.54, 1.807) is 0 Å². The van der Waals surface area contributed by atoms with Gasteiger partial charge in [0.1, 0.15) is 19.8 Å². The summed E-state index contributed by atoms with van der Waals surface area (Å²) in [5, 5.41) is 0. The zero-order valence-electron chi connectivity index (χ0n) is 36.2. The molecule has 4 atom stereocenters. The summed E-state index contributed by atoms with van der Waals surface area (Å²) in [5.41, 5.74) is 0. The maximum absolute atomic E-state index is 12.7. The molecule has 10 nitrogen and oxygen atoms in total. The topological polar surface area (TPSA) is 121 Å². The molecule has 0 amide bonds.